The van der Waals surface area contributed by atoms with Crippen LogP contribution in [0, 0.1) is 24.4 Å². The van der Waals surface area contributed by atoms with Gasteiger partial charge in [-0.2, -0.15) is 0 Å². The first-order chi connectivity index (χ1) is 18.3. The highest BCUT2D eigenvalue weighted by Crippen LogP contribution is 2.33. The summed E-state index contributed by atoms with van der Waals surface area (Å²) in [5, 5.41) is 0. The first kappa shape index (κ1) is 25.3. The molecule has 0 unspecified atom stereocenters. The zero-order valence-electron chi connectivity index (χ0n) is 21.0. The zero-order chi connectivity index (χ0) is 27.0. The molecule has 0 saturated carbocycles. The molecule has 6 nitrogen and oxygen atoms in total. The van der Waals surface area contributed by atoms with Crippen molar-refractivity contribution in [2.45, 2.75) is 26.4 Å². The minimum atomic E-state index is -0.818. The van der Waals surface area contributed by atoms with Crippen LogP contribution < -0.4 is 9.47 Å². The van der Waals surface area contributed by atoms with Crippen molar-refractivity contribution in [3.63, 3.8) is 0 Å². The predicted octanol–water partition coefficient (Wildman–Crippen LogP) is 5.63. The molecule has 0 aliphatic carbocycles. The van der Waals surface area contributed by atoms with Crippen molar-refractivity contribution >= 4 is 5.91 Å². The van der Waals surface area contributed by atoms with Crippen LogP contribution in [-0.2, 0) is 19.5 Å². The van der Waals surface area contributed by atoms with Crippen LogP contribution in [0.2, 0.25) is 0 Å². The molecule has 0 N–H and O–H groups in total. The number of methoxy groups -OCH3 is 2. The number of amides is 1. The third kappa shape index (κ3) is 4.67. The van der Waals surface area contributed by atoms with Gasteiger partial charge in [0.2, 0.25) is 0 Å². The number of hydrogen-bond donors (Lipinski definition) is 0. The maximum atomic E-state index is 14.7. The van der Waals surface area contributed by atoms with E-state index in [0.29, 0.717) is 28.3 Å². The zero-order valence-corrected chi connectivity index (χ0v) is 21.0. The van der Waals surface area contributed by atoms with E-state index in [-0.39, 0.29) is 48.1 Å². The van der Waals surface area contributed by atoms with Crippen molar-refractivity contribution in [1.29, 1.82) is 0 Å². The molecule has 4 aromatic rings. The van der Waals surface area contributed by atoms with Gasteiger partial charge in [-0.1, -0.05) is 18.2 Å². The largest absolute Gasteiger partial charge is 0.497 e. The van der Waals surface area contributed by atoms with E-state index in [1.165, 1.54) is 19.2 Å². The number of benzene rings is 3. The molecule has 9 heteroatoms. The van der Waals surface area contributed by atoms with Crippen molar-refractivity contribution in [3.05, 3.63) is 106 Å². The quantitative estimate of drug-likeness (QED) is 0.317. The Bertz CT molecular complexity index is 1540. The van der Waals surface area contributed by atoms with Crippen molar-refractivity contribution < 1.29 is 27.4 Å². The molecular formula is C29H24F3N3O3. The van der Waals surface area contributed by atoms with E-state index in [1.807, 2.05) is 0 Å². The van der Waals surface area contributed by atoms with Crippen molar-refractivity contribution in [3.8, 4) is 22.9 Å². The Kier molecular flexibility index (Phi) is 6.75. The molecule has 0 bridgehead atoms. The van der Waals surface area contributed by atoms with E-state index < -0.39 is 17.5 Å². The van der Waals surface area contributed by atoms with Crippen LogP contribution in [0.3, 0.4) is 0 Å². The van der Waals surface area contributed by atoms with Gasteiger partial charge < -0.3 is 14.4 Å². The SMILES string of the molecule is COc1ccc(CN2Cc3nc(-c4c(F)cccc4F)nc(Cc4ccc(C)c(F)c4)c3C2=O)c(OC)c1. The first-order valence-corrected chi connectivity index (χ1v) is 11.9. The summed E-state index contributed by atoms with van der Waals surface area (Å²) < 4.78 is 54.3. The van der Waals surface area contributed by atoms with Crippen LogP contribution >= 0.6 is 0 Å². The molecular weight excluding hydrogens is 495 g/mol. The standard InChI is InChI=1S/C29H24F3N3O3/c1-16-7-8-17(11-22(16)32)12-23-27-24(34-28(33-23)26-20(30)5-4-6-21(26)31)15-35(29(27)36)14-18-9-10-19(37-2)13-25(18)38-3/h4-11,13H,12,14-15H2,1-3H3. The summed E-state index contributed by atoms with van der Waals surface area (Å²) in [7, 11) is 3.07. The highest BCUT2D eigenvalue weighted by atomic mass is 19.1. The smallest absolute Gasteiger partial charge is 0.258 e. The number of halogens is 3. The van der Waals surface area contributed by atoms with E-state index in [9.17, 15) is 18.0 Å². The number of fused-ring (bicyclic) bond motifs is 1. The van der Waals surface area contributed by atoms with Crippen LogP contribution in [-0.4, -0.2) is 35.0 Å². The number of rotatable bonds is 7. The normalized spacial score (nSPS) is 12.6. The summed E-state index contributed by atoms with van der Waals surface area (Å²) in [5.41, 5.74) is 2.27. The molecule has 38 heavy (non-hydrogen) atoms. The van der Waals surface area contributed by atoms with Gasteiger partial charge in [-0.05, 0) is 48.4 Å². The maximum Gasteiger partial charge on any atom is 0.258 e. The molecule has 1 aromatic heterocycles. The highest BCUT2D eigenvalue weighted by Gasteiger charge is 2.34. The molecule has 0 radical (unpaired) electrons. The number of aryl methyl sites for hydroxylation is 1. The van der Waals surface area contributed by atoms with Gasteiger partial charge in [-0.3, -0.25) is 4.79 Å². The minimum absolute atomic E-state index is 0.0799. The van der Waals surface area contributed by atoms with Crippen LogP contribution in [0.4, 0.5) is 13.2 Å². The number of carbonyl (C=O) groups excluding carboxylic acids is 1. The van der Waals surface area contributed by atoms with Gasteiger partial charge in [0.1, 0.15) is 29.0 Å². The minimum Gasteiger partial charge on any atom is -0.497 e. The van der Waals surface area contributed by atoms with Gasteiger partial charge in [0.05, 0.1) is 49.8 Å². The second kappa shape index (κ2) is 10.2. The lowest BCUT2D eigenvalue weighted by atomic mass is 10.0. The van der Waals surface area contributed by atoms with Crippen LogP contribution in [0.15, 0.2) is 54.6 Å². The van der Waals surface area contributed by atoms with E-state index in [0.717, 1.165) is 17.7 Å². The monoisotopic (exact) mass is 519 g/mol. The summed E-state index contributed by atoms with van der Waals surface area (Å²) >= 11 is 0. The Morgan fingerprint density at radius 1 is 0.895 bits per heavy atom. The highest BCUT2D eigenvalue weighted by molar-refractivity contribution is 5.99. The molecule has 1 aliphatic heterocycles. The Labute approximate surface area is 217 Å². The number of nitrogens with zero attached hydrogens (tertiary/aromatic N) is 3. The number of ether oxygens (including phenoxy) is 2. The number of carbonyl (C=O) groups is 1. The summed E-state index contributed by atoms with van der Waals surface area (Å²) in [6.07, 6.45) is 0.0799. The van der Waals surface area contributed by atoms with Gasteiger partial charge in [-0.15, -0.1) is 0 Å². The summed E-state index contributed by atoms with van der Waals surface area (Å²) in [5.74, 6) is -1.38. The summed E-state index contributed by atoms with van der Waals surface area (Å²) in [6, 6.07) is 13.5. The van der Waals surface area contributed by atoms with Gasteiger partial charge in [0.25, 0.3) is 5.91 Å². The van der Waals surface area contributed by atoms with Gasteiger partial charge in [0.15, 0.2) is 5.82 Å². The second-order valence-corrected chi connectivity index (χ2v) is 9.01. The third-order valence-electron chi connectivity index (χ3n) is 6.55. The molecule has 2 heterocycles. The lowest BCUT2D eigenvalue weighted by Crippen LogP contribution is -2.24. The maximum absolute atomic E-state index is 14.7. The Balaban J connectivity index is 1.58. The lowest BCUT2D eigenvalue weighted by molar-refractivity contribution is 0.0764. The Morgan fingerprint density at radius 3 is 2.34 bits per heavy atom. The number of aromatic nitrogens is 2. The van der Waals surface area contributed by atoms with Gasteiger partial charge in [0, 0.05) is 18.1 Å². The van der Waals surface area contributed by atoms with Crippen molar-refractivity contribution in [1.82, 2.24) is 14.9 Å². The summed E-state index contributed by atoms with van der Waals surface area (Å²) in [4.78, 5) is 24.0. The molecule has 0 spiro atoms. The fourth-order valence-corrected chi connectivity index (χ4v) is 4.54. The van der Waals surface area contributed by atoms with Gasteiger partial charge in [-0.25, -0.2) is 23.1 Å². The fourth-order valence-electron chi connectivity index (χ4n) is 4.54. The topological polar surface area (TPSA) is 64.5 Å². The van der Waals surface area contributed by atoms with Crippen LogP contribution in [0.1, 0.15) is 38.4 Å². The van der Waals surface area contributed by atoms with Crippen LogP contribution in [0.5, 0.6) is 11.5 Å². The molecule has 0 atom stereocenters. The molecule has 5 rings (SSSR count). The van der Waals surface area contributed by atoms with Crippen molar-refractivity contribution in [2.75, 3.05) is 14.2 Å². The second-order valence-electron chi connectivity index (χ2n) is 9.01. The fraction of sp³-hybridized carbons (Fsp3) is 0.207. The first-order valence-electron chi connectivity index (χ1n) is 11.9. The average molecular weight is 520 g/mol. The van der Waals surface area contributed by atoms with Gasteiger partial charge >= 0.3 is 0 Å². The predicted molar refractivity (Wildman–Crippen MR) is 134 cm³/mol. The van der Waals surface area contributed by atoms with E-state index in [2.05, 4.69) is 9.97 Å². The molecule has 194 valence electrons. The van der Waals surface area contributed by atoms with E-state index in [1.54, 1.807) is 49.3 Å². The Morgan fingerprint density at radius 2 is 1.66 bits per heavy atom. The number of hydrogen-bond acceptors (Lipinski definition) is 5. The summed E-state index contributed by atoms with van der Waals surface area (Å²) in [6.45, 7) is 1.95. The van der Waals surface area contributed by atoms with E-state index in [4.69, 9.17) is 9.47 Å². The van der Waals surface area contributed by atoms with Crippen LogP contribution in [0.25, 0.3) is 11.4 Å². The van der Waals surface area contributed by atoms with E-state index >= 15 is 0 Å². The Hall–Kier alpha value is -4.40. The molecule has 1 aliphatic rings. The van der Waals surface area contributed by atoms with Crippen molar-refractivity contribution in [2.24, 2.45) is 0 Å². The average Bonchev–Trinajstić information content (AvgIpc) is 3.21. The third-order valence-corrected chi connectivity index (χ3v) is 6.55. The lowest BCUT2D eigenvalue weighted by Gasteiger charge is -2.18. The molecule has 3 aromatic carbocycles. The molecule has 0 fully saturated rings. The molecule has 0 saturated heterocycles. The molecule has 1 amide bonds.